The van der Waals surface area contributed by atoms with Crippen LogP contribution in [0.5, 0.6) is 5.75 Å². The second kappa shape index (κ2) is 9.12. The number of likely N-dealkylation sites (N-methyl/N-ethyl adjacent to an activating group) is 1. The number of benzene rings is 3. The number of hydrogen-bond donors (Lipinski definition) is 2. The van der Waals surface area contributed by atoms with E-state index in [1.54, 1.807) is 17.5 Å². The van der Waals surface area contributed by atoms with E-state index in [0.29, 0.717) is 5.56 Å². The molecule has 3 aromatic carbocycles. The number of carbonyl (C=O) groups excluding carboxylic acids is 1. The summed E-state index contributed by atoms with van der Waals surface area (Å²) in [4.78, 5) is 13.0. The smallest absolute Gasteiger partial charge is 0.252 e. The fourth-order valence-electron chi connectivity index (χ4n) is 3.61. The fourth-order valence-corrected chi connectivity index (χ4v) is 5.94. The van der Waals surface area contributed by atoms with Crippen molar-refractivity contribution in [2.24, 2.45) is 0 Å². The zero-order valence-electron chi connectivity index (χ0n) is 17.3. The largest absolute Gasteiger partial charge is 0.508 e. The second-order valence-corrected chi connectivity index (χ2v) is 10.5. The minimum absolute atomic E-state index is 0.0532. The highest BCUT2D eigenvalue weighted by Gasteiger charge is 2.27. The van der Waals surface area contributed by atoms with Crippen molar-refractivity contribution in [1.29, 1.82) is 0 Å². The molecule has 0 saturated carbocycles. The molecular formula is C24H22N2O4S2. The maximum absolute atomic E-state index is 13.0. The monoisotopic (exact) mass is 466 g/mol. The zero-order valence-corrected chi connectivity index (χ0v) is 18.9. The number of amides is 1. The van der Waals surface area contributed by atoms with Gasteiger partial charge in [-0.25, -0.2) is 8.42 Å². The number of carbonyl (C=O) groups is 1. The van der Waals surface area contributed by atoms with Gasteiger partial charge in [-0.15, -0.1) is 11.3 Å². The Morgan fingerprint density at radius 1 is 1.00 bits per heavy atom. The first kappa shape index (κ1) is 22.0. The summed E-state index contributed by atoms with van der Waals surface area (Å²) in [6, 6.07) is 22.8. The minimum atomic E-state index is -3.76. The van der Waals surface area contributed by atoms with E-state index < -0.39 is 22.0 Å². The van der Waals surface area contributed by atoms with Crippen LogP contribution in [-0.2, 0) is 14.8 Å². The average Bonchev–Trinajstić information content (AvgIpc) is 3.34. The molecule has 4 aromatic rings. The van der Waals surface area contributed by atoms with Gasteiger partial charge in [0.05, 0.1) is 12.6 Å². The van der Waals surface area contributed by atoms with Crippen LogP contribution in [-0.4, -0.2) is 37.3 Å². The highest BCUT2D eigenvalue weighted by atomic mass is 32.2. The summed E-state index contributed by atoms with van der Waals surface area (Å²) in [6.07, 6.45) is 0. The maximum Gasteiger partial charge on any atom is 0.252 e. The number of rotatable bonds is 7. The van der Waals surface area contributed by atoms with Crippen LogP contribution in [0.25, 0.3) is 10.8 Å². The van der Waals surface area contributed by atoms with Gasteiger partial charge in [0.25, 0.3) is 10.0 Å². The molecule has 0 aliphatic rings. The van der Waals surface area contributed by atoms with Crippen molar-refractivity contribution in [2.45, 2.75) is 10.3 Å². The number of sulfonamides is 1. The Balaban J connectivity index is 1.68. The highest BCUT2D eigenvalue weighted by molar-refractivity contribution is 7.91. The van der Waals surface area contributed by atoms with Gasteiger partial charge >= 0.3 is 0 Å². The van der Waals surface area contributed by atoms with Crippen LogP contribution < -0.4 is 5.32 Å². The first-order chi connectivity index (χ1) is 15.4. The normalized spacial score (nSPS) is 12.7. The molecule has 1 atom stereocenters. The van der Waals surface area contributed by atoms with Crippen LogP contribution in [0.3, 0.4) is 0 Å². The third-order valence-electron chi connectivity index (χ3n) is 5.20. The van der Waals surface area contributed by atoms with Crippen LogP contribution in [0, 0.1) is 0 Å². The molecule has 0 spiro atoms. The molecule has 1 unspecified atom stereocenters. The van der Waals surface area contributed by atoms with Crippen molar-refractivity contribution in [3.05, 3.63) is 95.4 Å². The molecule has 0 aliphatic heterocycles. The van der Waals surface area contributed by atoms with Gasteiger partial charge in [-0.3, -0.25) is 4.79 Å². The van der Waals surface area contributed by atoms with Gasteiger partial charge in [0.15, 0.2) is 0 Å². The number of hydrogen-bond acceptors (Lipinski definition) is 5. The highest BCUT2D eigenvalue weighted by Crippen LogP contribution is 2.35. The Kier molecular flexibility index (Phi) is 6.27. The SMILES string of the molecule is CN(CC(=O)NC(c1ccccc1)c1c(O)ccc2ccccc12)S(=O)(=O)c1cccs1. The quantitative estimate of drug-likeness (QED) is 0.429. The predicted octanol–water partition coefficient (Wildman–Crippen LogP) is 4.13. The lowest BCUT2D eigenvalue weighted by atomic mass is 9.92. The van der Waals surface area contributed by atoms with Crippen LogP contribution in [0.1, 0.15) is 17.2 Å². The van der Waals surface area contributed by atoms with E-state index in [0.717, 1.165) is 32.0 Å². The van der Waals surface area contributed by atoms with Gasteiger partial charge < -0.3 is 10.4 Å². The van der Waals surface area contributed by atoms with Gasteiger partial charge in [0, 0.05) is 12.6 Å². The van der Waals surface area contributed by atoms with Crippen LogP contribution in [0.4, 0.5) is 0 Å². The van der Waals surface area contributed by atoms with Crippen molar-refractivity contribution < 1.29 is 18.3 Å². The molecule has 8 heteroatoms. The molecule has 1 amide bonds. The Hall–Kier alpha value is -3.20. The standard InChI is InChI=1S/C24H22N2O4S2/c1-26(32(29,30)22-12-7-15-31-22)16-21(28)25-24(18-9-3-2-4-10-18)23-19-11-6-5-8-17(19)13-14-20(23)27/h2-15,24,27H,16H2,1H3,(H,25,28). The Labute approximate surface area is 190 Å². The molecule has 2 N–H and O–H groups in total. The lowest BCUT2D eigenvalue weighted by Crippen LogP contribution is -2.40. The van der Waals surface area contributed by atoms with Gasteiger partial charge in [0.2, 0.25) is 5.91 Å². The zero-order chi connectivity index (χ0) is 22.7. The number of phenolic OH excluding ortho intramolecular Hbond substituents is 1. The summed E-state index contributed by atoms with van der Waals surface area (Å²) in [5.74, 6) is -0.425. The number of aromatic hydroxyl groups is 1. The average molecular weight is 467 g/mol. The molecule has 0 radical (unpaired) electrons. The summed E-state index contributed by atoms with van der Waals surface area (Å²) in [6.45, 7) is -0.352. The number of phenols is 1. The van der Waals surface area contributed by atoms with E-state index in [2.05, 4.69) is 5.32 Å². The first-order valence-corrected chi connectivity index (χ1v) is 12.2. The van der Waals surface area contributed by atoms with Crippen molar-refractivity contribution in [2.75, 3.05) is 13.6 Å². The van der Waals surface area contributed by atoms with E-state index in [9.17, 15) is 18.3 Å². The number of fused-ring (bicyclic) bond motifs is 1. The van der Waals surface area contributed by atoms with Crippen LogP contribution in [0.15, 0.2) is 88.5 Å². The Morgan fingerprint density at radius 3 is 2.44 bits per heavy atom. The van der Waals surface area contributed by atoms with Gasteiger partial charge in [-0.05, 0) is 33.8 Å². The molecule has 164 valence electrons. The van der Waals surface area contributed by atoms with E-state index in [-0.39, 0.29) is 16.5 Å². The van der Waals surface area contributed by atoms with Gasteiger partial charge in [-0.2, -0.15) is 4.31 Å². The fraction of sp³-hybridized carbons (Fsp3) is 0.125. The molecule has 1 heterocycles. The topological polar surface area (TPSA) is 86.7 Å². The second-order valence-electron chi connectivity index (χ2n) is 7.32. The number of nitrogens with one attached hydrogen (secondary N) is 1. The van der Waals surface area contributed by atoms with Crippen molar-refractivity contribution >= 4 is 38.0 Å². The number of nitrogens with zero attached hydrogens (tertiary/aromatic N) is 1. The van der Waals surface area contributed by atoms with Crippen molar-refractivity contribution in [1.82, 2.24) is 9.62 Å². The number of thiophene rings is 1. The van der Waals surface area contributed by atoms with E-state index in [1.165, 1.54) is 13.1 Å². The summed E-state index contributed by atoms with van der Waals surface area (Å²) in [7, 11) is -2.38. The summed E-state index contributed by atoms with van der Waals surface area (Å²) >= 11 is 1.10. The maximum atomic E-state index is 13.0. The van der Waals surface area contributed by atoms with Crippen LogP contribution >= 0.6 is 11.3 Å². The predicted molar refractivity (Wildman–Crippen MR) is 126 cm³/mol. The molecule has 6 nitrogen and oxygen atoms in total. The van der Waals surface area contributed by atoms with E-state index >= 15 is 0 Å². The molecular weight excluding hydrogens is 444 g/mol. The third-order valence-corrected chi connectivity index (χ3v) is 8.38. The lowest BCUT2D eigenvalue weighted by Gasteiger charge is -2.24. The summed E-state index contributed by atoms with van der Waals surface area (Å²) < 4.78 is 26.6. The molecule has 4 rings (SSSR count). The summed E-state index contributed by atoms with van der Waals surface area (Å²) in [5, 5.41) is 17.1. The lowest BCUT2D eigenvalue weighted by molar-refractivity contribution is -0.121. The Bertz CT molecular complexity index is 1340. The molecule has 1 aromatic heterocycles. The van der Waals surface area contributed by atoms with Gasteiger partial charge in [0.1, 0.15) is 9.96 Å². The van der Waals surface area contributed by atoms with E-state index in [1.807, 2.05) is 60.7 Å². The molecule has 0 bridgehead atoms. The third kappa shape index (κ3) is 4.38. The summed E-state index contributed by atoms with van der Waals surface area (Å²) in [5.41, 5.74) is 1.34. The van der Waals surface area contributed by atoms with Gasteiger partial charge in [-0.1, -0.05) is 66.7 Å². The minimum Gasteiger partial charge on any atom is -0.508 e. The molecule has 0 aliphatic carbocycles. The molecule has 32 heavy (non-hydrogen) atoms. The van der Waals surface area contributed by atoms with Crippen LogP contribution in [0.2, 0.25) is 0 Å². The molecule has 0 saturated heterocycles. The first-order valence-electron chi connectivity index (χ1n) is 9.92. The molecule has 0 fully saturated rings. The Morgan fingerprint density at radius 2 is 1.72 bits per heavy atom. The van der Waals surface area contributed by atoms with Crippen molar-refractivity contribution in [3.63, 3.8) is 0 Å². The van der Waals surface area contributed by atoms with Crippen molar-refractivity contribution in [3.8, 4) is 5.75 Å². The van der Waals surface area contributed by atoms with E-state index in [4.69, 9.17) is 0 Å².